The van der Waals surface area contributed by atoms with Gasteiger partial charge in [0.25, 0.3) is 5.91 Å². The number of rotatable bonds is 3. The molecule has 0 aromatic carbocycles. The first-order valence-corrected chi connectivity index (χ1v) is 8.29. The molecule has 0 spiro atoms. The summed E-state index contributed by atoms with van der Waals surface area (Å²) in [4.78, 5) is 16.9. The van der Waals surface area contributed by atoms with Crippen molar-refractivity contribution in [1.82, 2.24) is 10.3 Å². The number of thiazole rings is 1. The van der Waals surface area contributed by atoms with Gasteiger partial charge in [0.15, 0.2) is 0 Å². The monoisotopic (exact) mass is 334 g/mol. The summed E-state index contributed by atoms with van der Waals surface area (Å²) in [5.41, 5.74) is 1.10. The molecule has 1 aromatic rings. The zero-order valence-corrected chi connectivity index (χ0v) is 13.8. The van der Waals surface area contributed by atoms with Crippen LogP contribution in [0.25, 0.3) is 0 Å². The topological polar surface area (TPSA) is 42.0 Å². The van der Waals surface area contributed by atoms with Gasteiger partial charge in [0, 0.05) is 5.92 Å². The van der Waals surface area contributed by atoms with Crippen molar-refractivity contribution in [2.75, 3.05) is 0 Å². The summed E-state index contributed by atoms with van der Waals surface area (Å²) in [6.45, 7) is 4.40. The van der Waals surface area contributed by atoms with Gasteiger partial charge in [0.2, 0.25) is 0 Å². The molecule has 1 fully saturated rings. The molecular weight excluding hydrogens is 313 g/mol. The number of halogens is 3. The predicted molar refractivity (Wildman–Crippen MR) is 80.1 cm³/mol. The first-order valence-electron chi connectivity index (χ1n) is 7.41. The van der Waals surface area contributed by atoms with Crippen molar-refractivity contribution >= 4 is 17.2 Å². The quantitative estimate of drug-likeness (QED) is 0.884. The lowest BCUT2D eigenvalue weighted by molar-refractivity contribution is -0.174. The van der Waals surface area contributed by atoms with E-state index < -0.39 is 23.5 Å². The summed E-state index contributed by atoms with van der Waals surface area (Å²) in [6, 6.07) is -1.88. The molecule has 1 heterocycles. The molecule has 1 amide bonds. The van der Waals surface area contributed by atoms with Crippen molar-refractivity contribution in [3.8, 4) is 0 Å². The SMILES string of the molecule is CC(C)(C)C(NC(=O)c1scnc1C1CCCC1)C(F)(F)F. The Labute approximate surface area is 132 Å². The second-order valence-corrected chi connectivity index (χ2v) is 7.72. The van der Waals surface area contributed by atoms with Crippen LogP contribution in [0.1, 0.15) is 67.7 Å². The Balaban J connectivity index is 2.20. The number of nitrogens with zero attached hydrogens (tertiary/aromatic N) is 1. The Hall–Kier alpha value is -1.11. The molecule has 124 valence electrons. The van der Waals surface area contributed by atoms with Gasteiger partial charge in [-0.15, -0.1) is 11.3 Å². The molecule has 0 radical (unpaired) electrons. The number of carbonyl (C=O) groups is 1. The van der Waals surface area contributed by atoms with Crippen LogP contribution in [-0.4, -0.2) is 23.1 Å². The van der Waals surface area contributed by atoms with E-state index in [2.05, 4.69) is 10.3 Å². The third-order valence-electron chi connectivity index (χ3n) is 4.01. The molecule has 0 aliphatic heterocycles. The van der Waals surface area contributed by atoms with Gasteiger partial charge in [-0.25, -0.2) is 4.98 Å². The highest BCUT2D eigenvalue weighted by molar-refractivity contribution is 7.11. The van der Waals surface area contributed by atoms with Crippen LogP contribution in [0.2, 0.25) is 0 Å². The van der Waals surface area contributed by atoms with E-state index in [0.29, 0.717) is 10.6 Å². The molecule has 3 nitrogen and oxygen atoms in total. The van der Waals surface area contributed by atoms with Crippen molar-refractivity contribution in [3.63, 3.8) is 0 Å². The fourth-order valence-electron chi connectivity index (χ4n) is 2.90. The Morgan fingerprint density at radius 1 is 1.32 bits per heavy atom. The normalized spacial score (nSPS) is 18.5. The molecule has 0 saturated heterocycles. The van der Waals surface area contributed by atoms with Crippen molar-refractivity contribution in [2.45, 2.75) is 64.6 Å². The van der Waals surface area contributed by atoms with Gasteiger partial charge in [-0.2, -0.15) is 13.2 Å². The Bertz CT molecular complexity index is 514. The summed E-state index contributed by atoms with van der Waals surface area (Å²) in [7, 11) is 0. The number of amides is 1. The van der Waals surface area contributed by atoms with Crippen molar-refractivity contribution in [3.05, 3.63) is 16.1 Å². The molecule has 1 N–H and O–H groups in total. The van der Waals surface area contributed by atoms with Gasteiger partial charge < -0.3 is 5.32 Å². The average Bonchev–Trinajstić information content (AvgIpc) is 3.02. The fraction of sp³-hybridized carbons (Fsp3) is 0.733. The average molecular weight is 334 g/mol. The summed E-state index contributed by atoms with van der Waals surface area (Å²) in [5.74, 6) is -0.465. The van der Waals surface area contributed by atoms with E-state index in [9.17, 15) is 18.0 Å². The molecule has 2 rings (SSSR count). The zero-order chi connectivity index (χ0) is 16.5. The lowest BCUT2D eigenvalue weighted by Gasteiger charge is -2.33. The van der Waals surface area contributed by atoms with Crippen molar-refractivity contribution in [1.29, 1.82) is 0 Å². The van der Waals surface area contributed by atoms with Crippen LogP contribution in [0.3, 0.4) is 0 Å². The highest BCUT2D eigenvalue weighted by Gasteiger charge is 2.48. The van der Waals surface area contributed by atoms with Crippen LogP contribution >= 0.6 is 11.3 Å². The maximum Gasteiger partial charge on any atom is 0.409 e. The number of hydrogen-bond donors (Lipinski definition) is 1. The summed E-state index contributed by atoms with van der Waals surface area (Å²) < 4.78 is 39.6. The first kappa shape index (κ1) is 17.2. The number of carbonyl (C=O) groups excluding carboxylic acids is 1. The molecule has 1 aromatic heterocycles. The number of aromatic nitrogens is 1. The Kier molecular flexibility index (Phi) is 4.84. The fourth-order valence-corrected chi connectivity index (χ4v) is 3.68. The molecule has 22 heavy (non-hydrogen) atoms. The molecule has 1 atom stereocenters. The minimum Gasteiger partial charge on any atom is -0.339 e. The van der Waals surface area contributed by atoms with Gasteiger partial charge >= 0.3 is 6.18 Å². The lowest BCUT2D eigenvalue weighted by Crippen LogP contribution is -2.53. The third-order valence-corrected chi connectivity index (χ3v) is 4.85. The maximum absolute atomic E-state index is 13.2. The van der Waals surface area contributed by atoms with Gasteiger partial charge in [-0.3, -0.25) is 4.79 Å². The van der Waals surface area contributed by atoms with Gasteiger partial charge in [-0.1, -0.05) is 33.6 Å². The lowest BCUT2D eigenvalue weighted by atomic mass is 9.86. The predicted octanol–water partition coefficient (Wildman–Crippen LogP) is 4.51. The molecule has 7 heteroatoms. The largest absolute Gasteiger partial charge is 0.409 e. The van der Waals surface area contributed by atoms with Gasteiger partial charge in [-0.05, 0) is 18.3 Å². The zero-order valence-electron chi connectivity index (χ0n) is 13.0. The molecular formula is C15H21F3N2OS. The van der Waals surface area contributed by atoms with E-state index in [1.807, 2.05) is 0 Å². The maximum atomic E-state index is 13.2. The van der Waals surface area contributed by atoms with E-state index in [4.69, 9.17) is 0 Å². The van der Waals surface area contributed by atoms with Crippen LogP contribution in [0.15, 0.2) is 5.51 Å². The van der Waals surface area contributed by atoms with E-state index in [-0.39, 0.29) is 5.92 Å². The summed E-state index contributed by atoms with van der Waals surface area (Å²) in [6.07, 6.45) is -0.420. The van der Waals surface area contributed by atoms with E-state index >= 15 is 0 Å². The van der Waals surface area contributed by atoms with E-state index in [1.54, 1.807) is 5.51 Å². The molecule has 1 unspecified atom stereocenters. The van der Waals surface area contributed by atoms with Crippen LogP contribution in [0.4, 0.5) is 13.2 Å². The first-order chi connectivity index (χ1) is 10.1. The summed E-state index contributed by atoms with van der Waals surface area (Å²) in [5, 5.41) is 2.17. The summed E-state index contributed by atoms with van der Waals surface area (Å²) >= 11 is 1.12. The van der Waals surface area contributed by atoms with Crippen LogP contribution in [0.5, 0.6) is 0 Å². The van der Waals surface area contributed by atoms with E-state index in [1.165, 1.54) is 20.8 Å². The Morgan fingerprint density at radius 2 is 1.91 bits per heavy atom. The number of nitrogens with one attached hydrogen (secondary N) is 1. The van der Waals surface area contributed by atoms with Crippen molar-refractivity contribution in [2.24, 2.45) is 5.41 Å². The third kappa shape index (κ3) is 3.80. The van der Waals surface area contributed by atoms with E-state index in [0.717, 1.165) is 37.0 Å². The van der Waals surface area contributed by atoms with Crippen LogP contribution in [0, 0.1) is 5.41 Å². The molecule has 0 bridgehead atoms. The minimum atomic E-state index is -4.48. The molecule has 1 aliphatic rings. The van der Waals surface area contributed by atoms with Crippen molar-refractivity contribution < 1.29 is 18.0 Å². The Morgan fingerprint density at radius 3 is 2.41 bits per heavy atom. The standard InChI is InChI=1S/C15H21F3N2OS/c1-14(2,3)13(15(16,17)18)20-12(21)11-10(19-8-22-11)9-6-4-5-7-9/h8-9,13H,4-7H2,1-3H3,(H,20,21). The van der Waals surface area contributed by atoms with Crippen LogP contribution in [-0.2, 0) is 0 Å². The van der Waals surface area contributed by atoms with Crippen LogP contribution < -0.4 is 5.32 Å². The number of alkyl halides is 3. The highest BCUT2D eigenvalue weighted by atomic mass is 32.1. The molecule has 1 aliphatic carbocycles. The second-order valence-electron chi connectivity index (χ2n) is 6.86. The minimum absolute atomic E-state index is 0.200. The number of hydrogen-bond acceptors (Lipinski definition) is 3. The second kappa shape index (κ2) is 6.18. The highest BCUT2D eigenvalue weighted by Crippen LogP contribution is 2.37. The smallest absolute Gasteiger partial charge is 0.339 e. The van der Waals surface area contributed by atoms with Gasteiger partial charge in [0.1, 0.15) is 10.9 Å². The van der Waals surface area contributed by atoms with Gasteiger partial charge in [0.05, 0.1) is 11.2 Å². The molecule has 1 saturated carbocycles.